The number of nitrogens with zero attached hydrogens (tertiary/aromatic N) is 1. The second-order valence-electron chi connectivity index (χ2n) is 5.06. The van der Waals surface area contributed by atoms with Crippen LogP contribution in [0.4, 0.5) is 0 Å². The average Bonchev–Trinajstić information content (AvgIpc) is 2.49. The average molecular weight is 292 g/mol. The van der Waals surface area contributed by atoms with Crippen molar-refractivity contribution in [1.29, 1.82) is 0 Å². The van der Waals surface area contributed by atoms with Crippen molar-refractivity contribution >= 4 is 22.5 Å². The Hall–Kier alpha value is -1.28. The molecule has 0 amide bonds. The summed E-state index contributed by atoms with van der Waals surface area (Å²) in [6.07, 6.45) is 9.38. The summed E-state index contributed by atoms with van der Waals surface area (Å²) in [5, 5.41) is 1.68. The molecule has 0 unspecified atom stereocenters. The summed E-state index contributed by atoms with van der Waals surface area (Å²) in [5.41, 5.74) is 0.853. The highest BCUT2D eigenvalue weighted by atomic mass is 35.5. The van der Waals surface area contributed by atoms with Gasteiger partial charge in [-0.3, -0.25) is 4.98 Å². The highest BCUT2D eigenvalue weighted by Gasteiger charge is 2.06. The molecule has 1 aromatic heterocycles. The molecule has 0 saturated heterocycles. The molecule has 3 heteroatoms. The van der Waals surface area contributed by atoms with Crippen molar-refractivity contribution in [1.82, 2.24) is 4.98 Å². The van der Waals surface area contributed by atoms with Crippen LogP contribution in [0.5, 0.6) is 5.75 Å². The Labute approximate surface area is 126 Å². The Morgan fingerprint density at radius 1 is 1.05 bits per heavy atom. The minimum atomic E-state index is 0.722. The second kappa shape index (κ2) is 8.11. The highest BCUT2D eigenvalue weighted by molar-refractivity contribution is 6.35. The number of fused-ring (bicyclic) bond motifs is 1. The molecular weight excluding hydrogens is 270 g/mol. The summed E-state index contributed by atoms with van der Waals surface area (Å²) in [7, 11) is 0. The molecule has 0 aliphatic carbocycles. The topological polar surface area (TPSA) is 22.1 Å². The molecule has 2 aromatic rings. The van der Waals surface area contributed by atoms with Crippen LogP contribution in [0.1, 0.15) is 45.4 Å². The number of ether oxygens (including phenoxy) is 1. The van der Waals surface area contributed by atoms with Gasteiger partial charge >= 0.3 is 0 Å². The fraction of sp³-hybridized carbons (Fsp3) is 0.471. The predicted octanol–water partition coefficient (Wildman–Crippen LogP) is 5.63. The van der Waals surface area contributed by atoms with E-state index in [4.69, 9.17) is 16.3 Å². The van der Waals surface area contributed by atoms with Crippen molar-refractivity contribution in [2.75, 3.05) is 6.61 Å². The van der Waals surface area contributed by atoms with Crippen LogP contribution in [-0.2, 0) is 0 Å². The third-order valence-corrected chi connectivity index (χ3v) is 3.76. The highest BCUT2D eigenvalue weighted by Crippen LogP contribution is 2.29. The quantitative estimate of drug-likeness (QED) is 0.588. The van der Waals surface area contributed by atoms with Gasteiger partial charge in [0.2, 0.25) is 0 Å². The first-order valence-electron chi connectivity index (χ1n) is 7.49. The summed E-state index contributed by atoms with van der Waals surface area (Å²) >= 11 is 6.17. The largest absolute Gasteiger partial charge is 0.491 e. The molecular formula is C17H22ClNO. The maximum absolute atomic E-state index is 6.17. The minimum Gasteiger partial charge on any atom is -0.491 e. The van der Waals surface area contributed by atoms with Crippen LogP contribution in [0.3, 0.4) is 0 Å². The van der Waals surface area contributed by atoms with E-state index in [1.54, 1.807) is 6.20 Å². The Morgan fingerprint density at radius 3 is 2.70 bits per heavy atom. The number of benzene rings is 1. The lowest BCUT2D eigenvalue weighted by atomic mass is 10.1. The van der Waals surface area contributed by atoms with Crippen molar-refractivity contribution in [3.05, 3.63) is 35.5 Å². The fourth-order valence-corrected chi connectivity index (χ4v) is 2.51. The molecule has 0 N–H and O–H groups in total. The van der Waals surface area contributed by atoms with Crippen LogP contribution in [0.25, 0.3) is 10.9 Å². The lowest BCUT2D eigenvalue weighted by Crippen LogP contribution is -1.98. The van der Waals surface area contributed by atoms with Gasteiger partial charge < -0.3 is 4.74 Å². The number of pyridine rings is 1. The number of unbranched alkanes of at least 4 members (excludes halogenated alkanes) is 5. The molecule has 2 nitrogen and oxygen atoms in total. The van der Waals surface area contributed by atoms with E-state index in [0.717, 1.165) is 34.7 Å². The SMILES string of the molecule is CCCCCCCCOc1ccc(Cl)c2cccnc12. The third kappa shape index (κ3) is 4.11. The molecule has 0 atom stereocenters. The van der Waals surface area contributed by atoms with Crippen LogP contribution < -0.4 is 4.74 Å². The van der Waals surface area contributed by atoms with Gasteiger partial charge in [0.25, 0.3) is 0 Å². The van der Waals surface area contributed by atoms with Gasteiger partial charge in [-0.15, -0.1) is 0 Å². The van der Waals surface area contributed by atoms with Crippen LogP contribution in [0, 0.1) is 0 Å². The van der Waals surface area contributed by atoms with Crippen molar-refractivity contribution in [2.45, 2.75) is 45.4 Å². The smallest absolute Gasteiger partial charge is 0.145 e. The molecule has 1 heterocycles. The first kappa shape index (κ1) is 15.1. The van der Waals surface area contributed by atoms with Gasteiger partial charge in [-0.2, -0.15) is 0 Å². The van der Waals surface area contributed by atoms with Gasteiger partial charge in [0.1, 0.15) is 11.3 Å². The summed E-state index contributed by atoms with van der Waals surface area (Å²) < 4.78 is 5.86. The molecule has 0 saturated carbocycles. The molecule has 0 bridgehead atoms. The van der Waals surface area contributed by atoms with Crippen molar-refractivity contribution in [2.24, 2.45) is 0 Å². The molecule has 0 aliphatic heterocycles. The Kier molecular flexibility index (Phi) is 6.13. The third-order valence-electron chi connectivity index (χ3n) is 3.43. The standard InChI is InChI=1S/C17H22ClNO/c1-2-3-4-5-6-7-13-20-16-11-10-15(18)14-9-8-12-19-17(14)16/h8-12H,2-7,13H2,1H3. The molecule has 2 rings (SSSR count). The molecule has 0 aliphatic rings. The van der Waals surface area contributed by atoms with E-state index in [2.05, 4.69) is 11.9 Å². The van der Waals surface area contributed by atoms with E-state index < -0.39 is 0 Å². The van der Waals surface area contributed by atoms with Gasteiger partial charge in [0.05, 0.1) is 11.6 Å². The summed E-state index contributed by atoms with van der Waals surface area (Å²) in [6.45, 7) is 2.99. The molecule has 20 heavy (non-hydrogen) atoms. The Morgan fingerprint density at radius 2 is 1.85 bits per heavy atom. The van der Waals surface area contributed by atoms with Crippen molar-refractivity contribution in [3.8, 4) is 5.75 Å². The summed E-state index contributed by atoms with van der Waals surface area (Å²) in [6, 6.07) is 7.66. The van der Waals surface area contributed by atoms with Gasteiger partial charge in [0.15, 0.2) is 0 Å². The lowest BCUT2D eigenvalue weighted by Gasteiger charge is -2.09. The van der Waals surface area contributed by atoms with Gasteiger partial charge in [0, 0.05) is 11.6 Å². The minimum absolute atomic E-state index is 0.722. The Bertz CT molecular complexity index is 542. The number of aromatic nitrogens is 1. The number of hydrogen-bond donors (Lipinski definition) is 0. The van der Waals surface area contributed by atoms with Gasteiger partial charge in [-0.25, -0.2) is 0 Å². The van der Waals surface area contributed by atoms with Gasteiger partial charge in [-0.05, 0) is 30.7 Å². The number of rotatable bonds is 8. The van der Waals surface area contributed by atoms with E-state index in [1.807, 2.05) is 24.3 Å². The normalized spacial score (nSPS) is 10.9. The first-order valence-corrected chi connectivity index (χ1v) is 7.86. The van der Waals surface area contributed by atoms with E-state index in [1.165, 1.54) is 32.1 Å². The van der Waals surface area contributed by atoms with Crippen LogP contribution >= 0.6 is 11.6 Å². The maximum Gasteiger partial charge on any atom is 0.145 e. The van der Waals surface area contributed by atoms with Crippen LogP contribution in [0.15, 0.2) is 30.5 Å². The predicted molar refractivity (Wildman–Crippen MR) is 85.6 cm³/mol. The number of halogens is 1. The molecule has 108 valence electrons. The van der Waals surface area contributed by atoms with E-state index in [0.29, 0.717) is 0 Å². The lowest BCUT2D eigenvalue weighted by molar-refractivity contribution is 0.307. The molecule has 0 radical (unpaired) electrons. The maximum atomic E-state index is 6.17. The zero-order valence-corrected chi connectivity index (χ0v) is 12.8. The van der Waals surface area contributed by atoms with E-state index >= 15 is 0 Å². The van der Waals surface area contributed by atoms with E-state index in [-0.39, 0.29) is 0 Å². The van der Waals surface area contributed by atoms with E-state index in [9.17, 15) is 0 Å². The second-order valence-corrected chi connectivity index (χ2v) is 5.47. The van der Waals surface area contributed by atoms with Crippen molar-refractivity contribution < 1.29 is 4.74 Å². The first-order chi connectivity index (χ1) is 9.83. The Balaban J connectivity index is 1.86. The summed E-state index contributed by atoms with van der Waals surface area (Å²) in [5.74, 6) is 0.832. The monoisotopic (exact) mass is 291 g/mol. The fourth-order valence-electron chi connectivity index (χ4n) is 2.29. The van der Waals surface area contributed by atoms with Crippen molar-refractivity contribution in [3.63, 3.8) is 0 Å². The summed E-state index contributed by atoms with van der Waals surface area (Å²) in [4.78, 5) is 4.37. The molecule has 0 spiro atoms. The molecule has 1 aromatic carbocycles. The van der Waals surface area contributed by atoms with Crippen LogP contribution in [-0.4, -0.2) is 11.6 Å². The number of hydrogen-bond acceptors (Lipinski definition) is 2. The van der Waals surface area contributed by atoms with Gasteiger partial charge in [-0.1, -0.05) is 50.6 Å². The van der Waals surface area contributed by atoms with Crippen LogP contribution in [0.2, 0.25) is 5.02 Å². The zero-order chi connectivity index (χ0) is 14.2. The molecule has 0 fully saturated rings. The zero-order valence-electron chi connectivity index (χ0n) is 12.1.